The van der Waals surface area contributed by atoms with Crippen LogP contribution in [0.5, 0.6) is 0 Å². The van der Waals surface area contributed by atoms with E-state index >= 15 is 0 Å². The molecule has 0 unspecified atom stereocenters. The van der Waals surface area contributed by atoms with E-state index in [0.717, 1.165) is 11.1 Å². The first kappa shape index (κ1) is 31.2. The molecule has 44 heavy (non-hydrogen) atoms. The number of carbonyl (C=O) groups is 3. The lowest BCUT2D eigenvalue weighted by atomic mass is 10.2. The number of nitrogens with one attached hydrogen (secondary N) is 1. The first-order chi connectivity index (χ1) is 21.5. The van der Waals surface area contributed by atoms with Gasteiger partial charge in [0.25, 0.3) is 11.8 Å². The molecule has 1 N–H and O–H groups in total. The summed E-state index contributed by atoms with van der Waals surface area (Å²) in [5.41, 5.74) is 3.29. The van der Waals surface area contributed by atoms with Crippen LogP contribution in [0, 0.1) is 0 Å². The van der Waals surface area contributed by atoms with Gasteiger partial charge in [-0.2, -0.15) is 0 Å². The molecule has 0 aliphatic carbocycles. The van der Waals surface area contributed by atoms with Crippen LogP contribution in [0.2, 0.25) is 4.34 Å². The van der Waals surface area contributed by atoms with E-state index < -0.39 is 12.2 Å². The molecule has 1 aliphatic heterocycles. The van der Waals surface area contributed by atoms with Crippen molar-refractivity contribution in [1.82, 2.24) is 5.32 Å². The number of cyclic esters (lactones) is 1. The number of carbonyl (C=O) groups excluding carboxylic acids is 3. The van der Waals surface area contributed by atoms with Crippen LogP contribution in [-0.4, -0.2) is 56.9 Å². The minimum Gasteiger partial charge on any atom is -0.442 e. The molecule has 3 amide bonds. The van der Waals surface area contributed by atoms with E-state index in [-0.39, 0.29) is 31.5 Å². The second-order valence-corrected chi connectivity index (χ2v) is 11.7. The van der Waals surface area contributed by atoms with E-state index in [2.05, 4.69) is 5.32 Å². The standard InChI is InChI=1S/C33H32ClN3O6S/c34-30-16-15-29(44-30)32(39)35-19-28-20-37(33(40)43-28)27-13-11-26(12-14-27)36(17-18-41-21-24-7-3-1-4-8-24)31(38)23-42-22-25-9-5-2-6-10-25/h1-16,28H,17-23H2,(H,35,39)/t28-/m0/s1. The van der Waals surface area contributed by atoms with Gasteiger partial charge in [0, 0.05) is 17.9 Å². The number of rotatable bonds is 14. The molecule has 2 heterocycles. The largest absolute Gasteiger partial charge is 0.442 e. The van der Waals surface area contributed by atoms with Crippen LogP contribution in [-0.2, 0) is 32.2 Å². The average molecular weight is 634 g/mol. The Balaban J connectivity index is 1.18. The molecular weight excluding hydrogens is 602 g/mol. The number of thiophene rings is 1. The highest BCUT2D eigenvalue weighted by Gasteiger charge is 2.33. The molecule has 1 aromatic heterocycles. The van der Waals surface area contributed by atoms with Crippen molar-refractivity contribution in [3.05, 3.63) is 117 Å². The average Bonchev–Trinajstić information content (AvgIpc) is 3.66. The molecule has 4 aromatic rings. The van der Waals surface area contributed by atoms with Gasteiger partial charge >= 0.3 is 6.09 Å². The molecule has 3 aromatic carbocycles. The van der Waals surface area contributed by atoms with Crippen LogP contribution in [0.4, 0.5) is 16.2 Å². The molecule has 0 saturated carbocycles. The van der Waals surface area contributed by atoms with Crippen molar-refractivity contribution in [1.29, 1.82) is 0 Å². The van der Waals surface area contributed by atoms with Gasteiger partial charge in [0.1, 0.15) is 12.7 Å². The zero-order valence-electron chi connectivity index (χ0n) is 23.9. The lowest BCUT2D eigenvalue weighted by Crippen LogP contribution is -2.37. The zero-order valence-corrected chi connectivity index (χ0v) is 25.5. The van der Waals surface area contributed by atoms with Gasteiger partial charge in [-0.3, -0.25) is 14.5 Å². The van der Waals surface area contributed by atoms with E-state index in [4.69, 9.17) is 25.8 Å². The Hall–Kier alpha value is -4.22. The third-order valence-electron chi connectivity index (χ3n) is 6.84. The smallest absolute Gasteiger partial charge is 0.414 e. The molecule has 228 valence electrons. The molecule has 11 heteroatoms. The predicted octanol–water partition coefficient (Wildman–Crippen LogP) is 5.92. The maximum absolute atomic E-state index is 13.3. The zero-order chi connectivity index (χ0) is 30.7. The molecule has 0 radical (unpaired) electrons. The van der Waals surface area contributed by atoms with Crippen molar-refractivity contribution in [2.24, 2.45) is 0 Å². The maximum Gasteiger partial charge on any atom is 0.414 e. The second-order valence-electron chi connectivity index (χ2n) is 10.0. The minimum absolute atomic E-state index is 0.0984. The van der Waals surface area contributed by atoms with E-state index in [1.807, 2.05) is 60.7 Å². The van der Waals surface area contributed by atoms with Gasteiger partial charge in [0.05, 0.1) is 42.1 Å². The Morgan fingerprint density at radius 1 is 0.909 bits per heavy atom. The van der Waals surface area contributed by atoms with Gasteiger partial charge in [0.15, 0.2) is 0 Å². The molecule has 1 atom stereocenters. The molecular formula is C33H32ClN3O6S. The SMILES string of the molecule is O=C(NC[C@H]1CN(c2ccc(N(CCOCc3ccccc3)C(=O)COCc3ccccc3)cc2)C(=O)O1)c1ccc(Cl)s1. The third kappa shape index (κ3) is 8.67. The van der Waals surface area contributed by atoms with Gasteiger partial charge < -0.3 is 24.4 Å². The van der Waals surface area contributed by atoms with Crippen molar-refractivity contribution in [2.45, 2.75) is 19.3 Å². The minimum atomic E-state index is -0.511. The van der Waals surface area contributed by atoms with Gasteiger partial charge in [-0.05, 0) is 47.5 Å². The number of nitrogens with zero attached hydrogens (tertiary/aromatic N) is 2. The van der Waals surface area contributed by atoms with Crippen molar-refractivity contribution in [3.63, 3.8) is 0 Å². The summed E-state index contributed by atoms with van der Waals surface area (Å²) in [6.07, 6.45) is -1.02. The van der Waals surface area contributed by atoms with Gasteiger partial charge in [-0.15, -0.1) is 11.3 Å². The van der Waals surface area contributed by atoms with E-state index in [0.29, 0.717) is 47.0 Å². The van der Waals surface area contributed by atoms with Crippen molar-refractivity contribution in [3.8, 4) is 0 Å². The Morgan fingerprint density at radius 2 is 1.57 bits per heavy atom. The fourth-order valence-corrected chi connectivity index (χ4v) is 5.57. The summed E-state index contributed by atoms with van der Waals surface area (Å²) in [7, 11) is 0. The lowest BCUT2D eigenvalue weighted by molar-refractivity contribution is -0.123. The second kappa shape index (κ2) is 15.5. The number of hydrogen-bond acceptors (Lipinski definition) is 7. The fraction of sp³-hybridized carbons (Fsp3) is 0.242. The number of halogens is 1. The molecule has 1 aliphatic rings. The molecule has 0 spiro atoms. The highest BCUT2D eigenvalue weighted by molar-refractivity contribution is 7.18. The molecule has 5 rings (SSSR count). The Kier molecular flexibility index (Phi) is 11.0. The number of anilines is 2. The summed E-state index contributed by atoms with van der Waals surface area (Å²) in [5.74, 6) is -0.480. The van der Waals surface area contributed by atoms with Crippen LogP contribution in [0.15, 0.2) is 97.1 Å². The first-order valence-corrected chi connectivity index (χ1v) is 15.3. The highest BCUT2D eigenvalue weighted by Crippen LogP contribution is 2.26. The Labute approximate surface area is 264 Å². The molecule has 1 fully saturated rings. The summed E-state index contributed by atoms with van der Waals surface area (Å²) in [5, 5.41) is 2.79. The number of hydrogen-bond donors (Lipinski definition) is 1. The lowest BCUT2D eigenvalue weighted by Gasteiger charge is -2.24. The third-order valence-corrected chi connectivity index (χ3v) is 8.07. The maximum atomic E-state index is 13.3. The van der Waals surface area contributed by atoms with E-state index in [1.165, 1.54) is 16.2 Å². The Bertz CT molecular complexity index is 1530. The molecule has 1 saturated heterocycles. The van der Waals surface area contributed by atoms with E-state index in [1.54, 1.807) is 41.3 Å². The van der Waals surface area contributed by atoms with Crippen LogP contribution < -0.4 is 15.1 Å². The molecule has 9 nitrogen and oxygen atoms in total. The normalized spacial score (nSPS) is 14.3. The summed E-state index contributed by atoms with van der Waals surface area (Å²) in [6, 6.07) is 29.9. The van der Waals surface area contributed by atoms with Crippen molar-refractivity contribution >= 4 is 52.2 Å². The first-order valence-electron chi connectivity index (χ1n) is 14.1. The summed E-state index contributed by atoms with van der Waals surface area (Å²) < 4.78 is 17.6. The Morgan fingerprint density at radius 3 is 2.20 bits per heavy atom. The van der Waals surface area contributed by atoms with Crippen LogP contribution in [0.1, 0.15) is 20.8 Å². The van der Waals surface area contributed by atoms with Crippen molar-refractivity contribution in [2.75, 3.05) is 42.6 Å². The van der Waals surface area contributed by atoms with Gasteiger partial charge in [0.2, 0.25) is 0 Å². The molecule has 0 bridgehead atoms. The van der Waals surface area contributed by atoms with Crippen LogP contribution in [0.3, 0.4) is 0 Å². The topological polar surface area (TPSA) is 97.4 Å². The highest BCUT2D eigenvalue weighted by atomic mass is 35.5. The van der Waals surface area contributed by atoms with Crippen LogP contribution in [0.25, 0.3) is 0 Å². The number of benzene rings is 3. The van der Waals surface area contributed by atoms with E-state index in [9.17, 15) is 14.4 Å². The summed E-state index contributed by atoms with van der Waals surface area (Å²) >= 11 is 7.10. The summed E-state index contributed by atoms with van der Waals surface area (Å²) in [4.78, 5) is 41.9. The predicted molar refractivity (Wildman–Crippen MR) is 170 cm³/mol. The van der Waals surface area contributed by atoms with Gasteiger partial charge in [-0.1, -0.05) is 72.3 Å². The summed E-state index contributed by atoms with van der Waals surface area (Å²) in [6.45, 7) is 1.75. The number of ether oxygens (including phenoxy) is 3. The number of amides is 3. The van der Waals surface area contributed by atoms with Crippen LogP contribution >= 0.6 is 22.9 Å². The fourth-order valence-electron chi connectivity index (χ4n) is 4.61. The van der Waals surface area contributed by atoms with Crippen molar-refractivity contribution < 1.29 is 28.6 Å². The van der Waals surface area contributed by atoms with Gasteiger partial charge in [-0.25, -0.2) is 4.79 Å². The monoisotopic (exact) mass is 633 g/mol. The quantitative estimate of drug-likeness (QED) is 0.173.